The van der Waals surface area contributed by atoms with Crippen LogP contribution in [0.1, 0.15) is 32.8 Å². The summed E-state index contributed by atoms with van der Waals surface area (Å²) in [6.45, 7) is 0. The summed E-state index contributed by atoms with van der Waals surface area (Å²) in [7, 11) is 0. The molecule has 0 fully saturated rings. The summed E-state index contributed by atoms with van der Waals surface area (Å²) in [6.07, 6.45) is 3.78. The molecule has 196 valence electrons. The van der Waals surface area contributed by atoms with Crippen LogP contribution >= 0.6 is 0 Å². The van der Waals surface area contributed by atoms with Gasteiger partial charge in [-0.1, -0.05) is 72.8 Å². The maximum Gasteiger partial charge on any atom is 0.269 e. The molecule has 0 saturated heterocycles. The van der Waals surface area contributed by atoms with Crippen molar-refractivity contribution >= 4 is 35.2 Å². The van der Waals surface area contributed by atoms with Gasteiger partial charge in [-0.3, -0.25) is 19.7 Å². The number of rotatable bonds is 9. The molecule has 0 atom stereocenters. The van der Waals surface area contributed by atoms with Crippen LogP contribution in [0.15, 0.2) is 120 Å². The van der Waals surface area contributed by atoms with Crippen molar-refractivity contribution in [3.05, 3.63) is 153 Å². The predicted octanol–water partition coefficient (Wildman–Crippen LogP) is 7.44. The van der Waals surface area contributed by atoms with E-state index in [2.05, 4.69) is 5.32 Å². The first-order chi connectivity index (χ1) is 19.5. The van der Waals surface area contributed by atoms with Crippen LogP contribution in [0.2, 0.25) is 0 Å². The van der Waals surface area contributed by atoms with E-state index in [-0.39, 0.29) is 23.8 Å². The number of nitro benzene ring substituents is 1. The lowest BCUT2D eigenvalue weighted by Gasteiger charge is -2.12. The topological polar surface area (TPSA) is 102 Å². The largest absolute Gasteiger partial charge is 0.457 e. The molecule has 0 saturated carbocycles. The highest BCUT2D eigenvalue weighted by atomic mass is 16.6. The van der Waals surface area contributed by atoms with Crippen LogP contribution in [0.3, 0.4) is 0 Å². The predicted molar refractivity (Wildman–Crippen MR) is 155 cm³/mol. The summed E-state index contributed by atoms with van der Waals surface area (Å²) in [6, 6.07) is 33.3. The number of nitro groups is 1. The Morgan fingerprint density at radius 2 is 1.50 bits per heavy atom. The maximum atomic E-state index is 13.4. The SMILES string of the molecule is O=C(Cc1ccccc1)Nc1ccc(/C=C/c2ccc(-c3ccc([N+](=O)[O-])cc3)o2)cc1C(=O)c1ccccc1. The van der Waals surface area contributed by atoms with Crippen LogP contribution in [0.4, 0.5) is 11.4 Å². The number of hydrogen-bond acceptors (Lipinski definition) is 5. The lowest BCUT2D eigenvalue weighted by molar-refractivity contribution is -0.384. The van der Waals surface area contributed by atoms with Crippen molar-refractivity contribution in [2.45, 2.75) is 6.42 Å². The Morgan fingerprint density at radius 3 is 2.20 bits per heavy atom. The molecule has 1 amide bonds. The molecular formula is C33H24N2O5. The van der Waals surface area contributed by atoms with E-state index in [0.29, 0.717) is 28.3 Å². The molecule has 4 aromatic carbocycles. The van der Waals surface area contributed by atoms with Gasteiger partial charge in [0.2, 0.25) is 5.91 Å². The van der Waals surface area contributed by atoms with Gasteiger partial charge in [0, 0.05) is 28.8 Å². The molecule has 1 N–H and O–H groups in total. The Morgan fingerprint density at radius 1 is 0.800 bits per heavy atom. The molecule has 1 heterocycles. The second-order valence-electron chi connectivity index (χ2n) is 9.05. The van der Waals surface area contributed by atoms with Crippen molar-refractivity contribution in [1.29, 1.82) is 0 Å². The number of amides is 1. The summed E-state index contributed by atoms with van der Waals surface area (Å²) in [4.78, 5) is 36.7. The molecular weight excluding hydrogens is 504 g/mol. The van der Waals surface area contributed by atoms with Gasteiger partial charge in [-0.2, -0.15) is 0 Å². The second kappa shape index (κ2) is 11.9. The monoisotopic (exact) mass is 528 g/mol. The third kappa shape index (κ3) is 6.28. The van der Waals surface area contributed by atoms with Gasteiger partial charge in [-0.05, 0) is 53.6 Å². The normalized spacial score (nSPS) is 10.9. The van der Waals surface area contributed by atoms with Gasteiger partial charge in [0.25, 0.3) is 5.69 Å². The number of nitrogens with one attached hydrogen (secondary N) is 1. The molecule has 0 aliphatic heterocycles. The Kier molecular flexibility index (Phi) is 7.74. The molecule has 0 radical (unpaired) electrons. The minimum atomic E-state index is -0.448. The number of nitrogens with zero attached hydrogens (tertiary/aromatic N) is 1. The minimum absolute atomic E-state index is 0.0102. The Hall–Kier alpha value is -5.56. The highest BCUT2D eigenvalue weighted by Crippen LogP contribution is 2.27. The molecule has 0 unspecified atom stereocenters. The van der Waals surface area contributed by atoms with Crippen LogP contribution in [-0.4, -0.2) is 16.6 Å². The van der Waals surface area contributed by atoms with E-state index >= 15 is 0 Å². The quantitative estimate of drug-likeness (QED) is 0.122. The smallest absolute Gasteiger partial charge is 0.269 e. The molecule has 5 aromatic rings. The van der Waals surface area contributed by atoms with E-state index in [4.69, 9.17) is 4.42 Å². The number of hydrogen-bond donors (Lipinski definition) is 1. The molecule has 0 bridgehead atoms. The third-order valence-electron chi connectivity index (χ3n) is 6.24. The molecule has 5 rings (SSSR count). The van der Waals surface area contributed by atoms with E-state index in [1.54, 1.807) is 66.7 Å². The van der Waals surface area contributed by atoms with E-state index < -0.39 is 4.92 Å². The number of benzene rings is 4. The standard InChI is InChI=1S/C33H24N2O5/c36-32(22-23-7-3-1-4-8-23)34-30-19-12-24(21-29(30)33(37)26-9-5-2-6-10-26)11-17-28-18-20-31(40-28)25-13-15-27(16-14-25)35(38)39/h1-21H,22H2,(H,34,36)/b17-11+. The lowest BCUT2D eigenvalue weighted by Crippen LogP contribution is -2.17. The Balaban J connectivity index is 1.38. The number of ketones is 1. The second-order valence-corrected chi connectivity index (χ2v) is 9.05. The van der Waals surface area contributed by atoms with E-state index in [9.17, 15) is 19.7 Å². The van der Waals surface area contributed by atoms with Crippen LogP contribution in [0.25, 0.3) is 23.5 Å². The first-order valence-corrected chi connectivity index (χ1v) is 12.6. The van der Waals surface area contributed by atoms with Crippen LogP contribution < -0.4 is 5.32 Å². The first-order valence-electron chi connectivity index (χ1n) is 12.6. The molecule has 0 aliphatic carbocycles. The van der Waals surface area contributed by atoms with Gasteiger partial charge in [0.15, 0.2) is 5.78 Å². The number of anilines is 1. The van der Waals surface area contributed by atoms with Crippen molar-refractivity contribution in [2.24, 2.45) is 0 Å². The molecule has 0 spiro atoms. The van der Waals surface area contributed by atoms with Crippen molar-refractivity contribution in [2.75, 3.05) is 5.32 Å². The highest BCUT2D eigenvalue weighted by molar-refractivity contribution is 6.14. The summed E-state index contributed by atoms with van der Waals surface area (Å²) < 4.78 is 5.89. The first kappa shape index (κ1) is 26.1. The summed E-state index contributed by atoms with van der Waals surface area (Å²) >= 11 is 0. The van der Waals surface area contributed by atoms with Crippen LogP contribution in [0, 0.1) is 10.1 Å². The van der Waals surface area contributed by atoms with Gasteiger partial charge >= 0.3 is 0 Å². The number of carbonyl (C=O) groups is 2. The highest BCUT2D eigenvalue weighted by Gasteiger charge is 2.16. The molecule has 0 aliphatic rings. The summed E-state index contributed by atoms with van der Waals surface area (Å²) in [5, 5.41) is 13.8. The van der Waals surface area contributed by atoms with Gasteiger partial charge in [0.1, 0.15) is 11.5 Å². The maximum absolute atomic E-state index is 13.4. The Bertz CT molecular complexity index is 1690. The zero-order chi connectivity index (χ0) is 27.9. The zero-order valence-electron chi connectivity index (χ0n) is 21.3. The fraction of sp³-hybridized carbons (Fsp3) is 0.0303. The zero-order valence-corrected chi connectivity index (χ0v) is 21.3. The van der Waals surface area contributed by atoms with Gasteiger partial charge in [-0.15, -0.1) is 0 Å². The van der Waals surface area contributed by atoms with Crippen molar-refractivity contribution in [3.63, 3.8) is 0 Å². The fourth-order valence-corrected chi connectivity index (χ4v) is 4.21. The van der Waals surface area contributed by atoms with Gasteiger partial charge in [-0.25, -0.2) is 0 Å². The summed E-state index contributed by atoms with van der Waals surface area (Å²) in [5.74, 6) is 0.728. The molecule has 1 aromatic heterocycles. The Labute approximate surface area is 230 Å². The van der Waals surface area contributed by atoms with E-state index in [0.717, 1.165) is 16.7 Å². The van der Waals surface area contributed by atoms with Crippen LogP contribution in [0.5, 0.6) is 0 Å². The lowest BCUT2D eigenvalue weighted by atomic mass is 9.99. The van der Waals surface area contributed by atoms with Crippen molar-refractivity contribution in [3.8, 4) is 11.3 Å². The molecule has 7 nitrogen and oxygen atoms in total. The van der Waals surface area contributed by atoms with E-state index in [1.165, 1.54) is 12.1 Å². The van der Waals surface area contributed by atoms with Gasteiger partial charge in [0.05, 0.1) is 17.0 Å². The number of non-ortho nitro benzene ring substituents is 1. The van der Waals surface area contributed by atoms with Crippen molar-refractivity contribution < 1.29 is 18.9 Å². The van der Waals surface area contributed by atoms with Crippen molar-refractivity contribution in [1.82, 2.24) is 0 Å². The molecule has 40 heavy (non-hydrogen) atoms. The fourth-order valence-electron chi connectivity index (χ4n) is 4.21. The van der Waals surface area contributed by atoms with Crippen LogP contribution in [-0.2, 0) is 11.2 Å². The minimum Gasteiger partial charge on any atom is -0.457 e. The molecule has 7 heteroatoms. The average molecular weight is 529 g/mol. The van der Waals surface area contributed by atoms with Gasteiger partial charge < -0.3 is 9.73 Å². The summed E-state index contributed by atoms with van der Waals surface area (Å²) in [5.41, 5.74) is 3.68. The average Bonchev–Trinajstić information content (AvgIpc) is 3.46. The third-order valence-corrected chi connectivity index (χ3v) is 6.24. The number of carbonyl (C=O) groups excluding carboxylic acids is 2. The number of furan rings is 1. The van der Waals surface area contributed by atoms with E-state index in [1.807, 2.05) is 48.5 Å².